The van der Waals surface area contributed by atoms with Crippen molar-refractivity contribution in [2.24, 2.45) is 0 Å². The van der Waals surface area contributed by atoms with E-state index in [0.717, 1.165) is 69.8 Å². The molecule has 0 bridgehead atoms. The van der Waals surface area contributed by atoms with E-state index in [2.05, 4.69) is 29.0 Å². The van der Waals surface area contributed by atoms with Crippen molar-refractivity contribution in [3.63, 3.8) is 0 Å². The van der Waals surface area contributed by atoms with Gasteiger partial charge in [-0.25, -0.2) is 0 Å². The molecule has 0 spiro atoms. The molecule has 3 rings (SSSR count). The van der Waals surface area contributed by atoms with Gasteiger partial charge >= 0.3 is 0 Å². The Kier molecular flexibility index (Phi) is 6.37. The maximum absolute atomic E-state index is 12.9. The highest BCUT2D eigenvalue weighted by atomic mass is 16.2. The van der Waals surface area contributed by atoms with Gasteiger partial charge < -0.3 is 20.0 Å². The number of amides is 2. The molecule has 2 aliphatic heterocycles. The number of carbonyl (C=O) groups is 2. The number of unbranched alkanes of at least 4 members (excludes halogenated alkanes) is 2. The third-order valence-electron chi connectivity index (χ3n) is 5.84. The van der Waals surface area contributed by atoms with Gasteiger partial charge in [0.25, 0.3) is 5.91 Å². The summed E-state index contributed by atoms with van der Waals surface area (Å²) < 4.78 is 0. The van der Waals surface area contributed by atoms with E-state index in [4.69, 9.17) is 0 Å². The lowest BCUT2D eigenvalue weighted by atomic mass is 10.0. The lowest BCUT2D eigenvalue weighted by Crippen LogP contribution is -2.48. The molecule has 0 radical (unpaired) electrons. The molecule has 148 valence electrons. The van der Waals surface area contributed by atoms with Crippen LogP contribution in [-0.2, 0) is 4.79 Å². The van der Waals surface area contributed by atoms with Gasteiger partial charge in [-0.05, 0) is 31.2 Å². The fourth-order valence-corrected chi connectivity index (χ4v) is 4.00. The number of hydrogen-bond donors (Lipinski definition) is 1. The van der Waals surface area contributed by atoms with Gasteiger partial charge in [-0.3, -0.25) is 9.59 Å². The van der Waals surface area contributed by atoms with Gasteiger partial charge in [0.05, 0.1) is 11.4 Å². The minimum Gasteiger partial charge on any atom is -0.361 e. The van der Waals surface area contributed by atoms with Crippen LogP contribution in [0.2, 0.25) is 0 Å². The van der Waals surface area contributed by atoms with Gasteiger partial charge in [0.2, 0.25) is 5.91 Å². The molecule has 1 aromatic carbocycles. The van der Waals surface area contributed by atoms with Crippen LogP contribution in [0.5, 0.6) is 0 Å². The monoisotopic (exact) mass is 372 g/mol. The van der Waals surface area contributed by atoms with Crippen LogP contribution in [0.1, 0.15) is 49.9 Å². The van der Waals surface area contributed by atoms with Gasteiger partial charge in [0.1, 0.15) is 6.04 Å². The van der Waals surface area contributed by atoms with Crippen LogP contribution in [0.4, 0.5) is 11.4 Å². The molecule has 1 unspecified atom stereocenters. The number of piperazine rings is 1. The van der Waals surface area contributed by atoms with Crippen molar-refractivity contribution >= 4 is 23.2 Å². The number of carbonyl (C=O) groups excluding carboxylic acids is 2. The molecule has 1 atom stereocenters. The quantitative estimate of drug-likeness (QED) is 0.780. The smallest absolute Gasteiger partial charge is 0.254 e. The van der Waals surface area contributed by atoms with Crippen molar-refractivity contribution < 1.29 is 9.59 Å². The second-order valence-electron chi connectivity index (χ2n) is 7.57. The van der Waals surface area contributed by atoms with Gasteiger partial charge in [0, 0.05) is 38.8 Å². The van der Waals surface area contributed by atoms with Crippen LogP contribution < -0.4 is 10.2 Å². The molecule has 2 aliphatic rings. The number of anilines is 2. The molecule has 1 saturated heterocycles. The molecule has 6 nitrogen and oxygen atoms in total. The standard InChI is InChI=1S/C21H32N4O2/c1-4-6-7-8-19-20(26)22-17-15-16(9-10-18(17)23(19)3)21(27)25-13-11-24(5-2)12-14-25/h9-10,15,19H,4-8,11-14H2,1-3H3,(H,22,26). The lowest BCUT2D eigenvalue weighted by Gasteiger charge is -2.36. The summed E-state index contributed by atoms with van der Waals surface area (Å²) in [5.41, 5.74) is 2.38. The van der Waals surface area contributed by atoms with E-state index in [1.165, 1.54) is 0 Å². The zero-order chi connectivity index (χ0) is 19.4. The first-order valence-corrected chi connectivity index (χ1v) is 10.2. The minimum atomic E-state index is -0.132. The van der Waals surface area contributed by atoms with Crippen molar-refractivity contribution in [3.8, 4) is 0 Å². The maximum atomic E-state index is 12.9. The Morgan fingerprint density at radius 3 is 2.56 bits per heavy atom. The fraction of sp³-hybridized carbons (Fsp3) is 0.619. The topological polar surface area (TPSA) is 55.9 Å². The highest BCUT2D eigenvalue weighted by Crippen LogP contribution is 2.33. The lowest BCUT2D eigenvalue weighted by molar-refractivity contribution is -0.117. The second kappa shape index (κ2) is 8.74. The van der Waals surface area contributed by atoms with Crippen LogP contribution in [0, 0.1) is 0 Å². The highest BCUT2D eigenvalue weighted by molar-refractivity contribution is 6.05. The Labute approximate surface area is 162 Å². The zero-order valence-corrected chi connectivity index (χ0v) is 16.8. The summed E-state index contributed by atoms with van der Waals surface area (Å²) in [5.74, 6) is 0.0813. The van der Waals surface area contributed by atoms with Crippen molar-refractivity contribution in [3.05, 3.63) is 23.8 Å². The Bertz CT molecular complexity index is 683. The predicted octanol–water partition coefficient (Wildman–Crippen LogP) is 2.80. The Hall–Kier alpha value is -2.08. The Morgan fingerprint density at radius 1 is 1.15 bits per heavy atom. The fourth-order valence-electron chi connectivity index (χ4n) is 4.00. The SMILES string of the molecule is CCCCCC1C(=O)Nc2cc(C(=O)N3CCN(CC)CC3)ccc2N1C. The third kappa shape index (κ3) is 4.26. The van der Waals surface area contributed by atoms with E-state index in [9.17, 15) is 9.59 Å². The molecule has 0 aliphatic carbocycles. The van der Waals surface area contributed by atoms with Crippen molar-refractivity contribution in [1.29, 1.82) is 0 Å². The summed E-state index contributed by atoms with van der Waals surface area (Å²) in [6.45, 7) is 8.71. The largest absolute Gasteiger partial charge is 0.361 e. The molecule has 2 amide bonds. The van der Waals surface area contributed by atoms with E-state index in [-0.39, 0.29) is 17.9 Å². The molecule has 6 heteroatoms. The second-order valence-corrected chi connectivity index (χ2v) is 7.57. The van der Waals surface area contributed by atoms with Crippen LogP contribution in [-0.4, -0.2) is 67.4 Å². The summed E-state index contributed by atoms with van der Waals surface area (Å²) >= 11 is 0. The van der Waals surface area contributed by atoms with Gasteiger partial charge in [-0.15, -0.1) is 0 Å². The molecule has 0 aromatic heterocycles. The number of nitrogens with zero attached hydrogens (tertiary/aromatic N) is 3. The molecule has 27 heavy (non-hydrogen) atoms. The number of nitrogens with one attached hydrogen (secondary N) is 1. The first kappa shape index (κ1) is 19.7. The number of hydrogen-bond acceptors (Lipinski definition) is 4. The first-order chi connectivity index (χ1) is 13.0. The highest BCUT2D eigenvalue weighted by Gasteiger charge is 2.31. The minimum absolute atomic E-state index is 0.0299. The molecular weight excluding hydrogens is 340 g/mol. The van der Waals surface area contributed by atoms with E-state index in [1.807, 2.05) is 30.1 Å². The number of fused-ring (bicyclic) bond motifs is 1. The van der Waals surface area contributed by atoms with E-state index < -0.39 is 0 Å². The Balaban J connectivity index is 1.71. The molecule has 2 heterocycles. The van der Waals surface area contributed by atoms with Gasteiger partial charge in [-0.2, -0.15) is 0 Å². The summed E-state index contributed by atoms with van der Waals surface area (Å²) in [5, 5.41) is 3.02. The van der Waals surface area contributed by atoms with Crippen molar-refractivity contribution in [1.82, 2.24) is 9.80 Å². The normalized spacial score (nSPS) is 20.4. The molecular formula is C21H32N4O2. The summed E-state index contributed by atoms with van der Waals surface area (Å²) in [6.07, 6.45) is 4.20. The predicted molar refractivity (Wildman–Crippen MR) is 109 cm³/mol. The van der Waals surface area contributed by atoms with Crippen LogP contribution in [0.15, 0.2) is 18.2 Å². The Morgan fingerprint density at radius 2 is 1.89 bits per heavy atom. The average Bonchev–Trinajstić information content (AvgIpc) is 2.69. The zero-order valence-electron chi connectivity index (χ0n) is 16.8. The summed E-state index contributed by atoms with van der Waals surface area (Å²) in [7, 11) is 1.97. The van der Waals surface area contributed by atoms with E-state index in [1.54, 1.807) is 0 Å². The molecule has 1 fully saturated rings. The van der Waals surface area contributed by atoms with Crippen molar-refractivity contribution in [2.45, 2.75) is 45.6 Å². The third-order valence-corrected chi connectivity index (χ3v) is 5.84. The van der Waals surface area contributed by atoms with Crippen LogP contribution in [0.3, 0.4) is 0 Å². The molecule has 1 aromatic rings. The van der Waals surface area contributed by atoms with Crippen LogP contribution >= 0.6 is 0 Å². The van der Waals surface area contributed by atoms with Crippen molar-refractivity contribution in [2.75, 3.05) is 50.0 Å². The van der Waals surface area contributed by atoms with E-state index >= 15 is 0 Å². The summed E-state index contributed by atoms with van der Waals surface area (Å²) in [4.78, 5) is 31.7. The molecule has 0 saturated carbocycles. The number of likely N-dealkylation sites (N-methyl/N-ethyl adjacent to an activating group) is 2. The van der Waals surface area contributed by atoms with Gasteiger partial charge in [-0.1, -0.05) is 33.1 Å². The number of benzene rings is 1. The van der Waals surface area contributed by atoms with Crippen LogP contribution in [0.25, 0.3) is 0 Å². The van der Waals surface area contributed by atoms with Gasteiger partial charge in [0.15, 0.2) is 0 Å². The summed E-state index contributed by atoms with van der Waals surface area (Å²) in [6, 6.07) is 5.56. The maximum Gasteiger partial charge on any atom is 0.254 e. The first-order valence-electron chi connectivity index (χ1n) is 10.2. The average molecular weight is 373 g/mol. The van der Waals surface area contributed by atoms with E-state index in [0.29, 0.717) is 5.56 Å². The molecule has 1 N–H and O–H groups in total. The number of rotatable bonds is 6.